The third-order valence-corrected chi connectivity index (χ3v) is 5.48. The number of nitrogens with zero attached hydrogens (tertiary/aromatic N) is 3. The van der Waals surface area contributed by atoms with Gasteiger partial charge in [0.1, 0.15) is 11.6 Å². The summed E-state index contributed by atoms with van der Waals surface area (Å²) in [7, 11) is 0. The Morgan fingerprint density at radius 1 is 1.15 bits per heavy atom. The lowest BCUT2D eigenvalue weighted by molar-refractivity contribution is -0.134. The van der Waals surface area contributed by atoms with Crippen LogP contribution in [0.5, 0.6) is 0 Å². The molecule has 1 aromatic carbocycles. The summed E-state index contributed by atoms with van der Waals surface area (Å²) in [6, 6.07) is 3.81. The molecule has 1 aromatic heterocycles. The van der Waals surface area contributed by atoms with Gasteiger partial charge in [-0.1, -0.05) is 6.07 Å². The lowest BCUT2D eigenvalue weighted by atomic mass is 10.0. The molecular formula is C19H19F2N3O3. The fourth-order valence-electron chi connectivity index (χ4n) is 3.89. The van der Waals surface area contributed by atoms with Gasteiger partial charge in [-0.2, -0.15) is 5.10 Å². The lowest BCUT2D eigenvalue weighted by Crippen LogP contribution is -2.40. The summed E-state index contributed by atoms with van der Waals surface area (Å²) in [6.07, 6.45) is 4.62. The van der Waals surface area contributed by atoms with Crippen molar-refractivity contribution in [1.29, 1.82) is 0 Å². The Hall–Kier alpha value is -2.77. The van der Waals surface area contributed by atoms with Gasteiger partial charge in [0.05, 0.1) is 17.8 Å². The highest BCUT2D eigenvalue weighted by molar-refractivity contribution is 5.86. The highest BCUT2D eigenvalue weighted by Gasteiger charge is 2.48. The minimum atomic E-state index is -1.02. The predicted molar refractivity (Wildman–Crippen MR) is 91.2 cm³/mol. The second kappa shape index (κ2) is 6.75. The molecule has 1 amide bonds. The van der Waals surface area contributed by atoms with E-state index in [2.05, 4.69) is 5.10 Å². The number of aromatic carboxylic acids is 1. The molecule has 1 saturated heterocycles. The van der Waals surface area contributed by atoms with E-state index in [0.717, 1.165) is 0 Å². The topological polar surface area (TPSA) is 75.4 Å². The van der Waals surface area contributed by atoms with E-state index in [1.165, 1.54) is 30.6 Å². The van der Waals surface area contributed by atoms with Gasteiger partial charge in [-0.25, -0.2) is 13.6 Å². The van der Waals surface area contributed by atoms with Crippen molar-refractivity contribution >= 4 is 11.9 Å². The van der Waals surface area contributed by atoms with E-state index in [9.17, 15) is 18.4 Å². The first-order chi connectivity index (χ1) is 13.0. The van der Waals surface area contributed by atoms with Crippen molar-refractivity contribution in [1.82, 2.24) is 14.7 Å². The summed E-state index contributed by atoms with van der Waals surface area (Å²) in [5, 5.41) is 13.1. The number of hydrogen-bond donors (Lipinski definition) is 1. The molecule has 1 aliphatic carbocycles. The molecule has 27 heavy (non-hydrogen) atoms. The zero-order chi connectivity index (χ0) is 19.1. The molecule has 2 atom stereocenters. The molecule has 1 saturated carbocycles. The Kier molecular flexibility index (Phi) is 4.41. The van der Waals surface area contributed by atoms with E-state index in [4.69, 9.17) is 5.11 Å². The normalized spacial score (nSPS) is 22.7. The van der Waals surface area contributed by atoms with Crippen LogP contribution in [0.3, 0.4) is 0 Å². The predicted octanol–water partition coefficient (Wildman–Crippen LogP) is 2.83. The first-order valence-corrected chi connectivity index (χ1v) is 8.96. The van der Waals surface area contributed by atoms with E-state index in [-0.39, 0.29) is 34.9 Å². The molecule has 0 spiro atoms. The average Bonchev–Trinajstić information content (AvgIpc) is 3.26. The number of carbonyl (C=O) groups excluding carboxylic acids is 1. The van der Waals surface area contributed by atoms with E-state index in [0.29, 0.717) is 32.4 Å². The maximum Gasteiger partial charge on any atom is 0.338 e. The third-order valence-electron chi connectivity index (χ3n) is 5.48. The molecule has 0 radical (unpaired) electrons. The largest absolute Gasteiger partial charge is 0.478 e. The number of halogens is 2. The number of piperidine rings is 1. The van der Waals surface area contributed by atoms with Crippen LogP contribution in [-0.4, -0.2) is 44.8 Å². The molecule has 4 rings (SSSR count). The Morgan fingerprint density at radius 2 is 1.81 bits per heavy atom. The zero-order valence-electron chi connectivity index (χ0n) is 14.5. The minimum Gasteiger partial charge on any atom is -0.478 e. The number of carbonyl (C=O) groups is 2. The van der Waals surface area contributed by atoms with Gasteiger partial charge in [0.2, 0.25) is 5.91 Å². The van der Waals surface area contributed by atoms with E-state index in [1.807, 2.05) is 0 Å². The van der Waals surface area contributed by atoms with Crippen molar-refractivity contribution in [2.24, 2.45) is 5.92 Å². The minimum absolute atomic E-state index is 0.0171. The maximum absolute atomic E-state index is 13.9. The van der Waals surface area contributed by atoms with Crippen LogP contribution in [0.15, 0.2) is 30.6 Å². The fraction of sp³-hybridized carbons (Fsp3) is 0.421. The molecule has 2 aromatic rings. The first-order valence-electron chi connectivity index (χ1n) is 8.96. The SMILES string of the molecule is O=C(O)c1cnn(C2CCN(C(=O)C3CC3c3c(F)cccc3F)CC2)c1. The van der Waals surface area contributed by atoms with Crippen LogP contribution >= 0.6 is 0 Å². The molecule has 2 aliphatic rings. The number of benzene rings is 1. The summed E-state index contributed by atoms with van der Waals surface area (Å²) in [5.41, 5.74) is 0.157. The molecule has 2 unspecified atom stereocenters. The van der Waals surface area contributed by atoms with Crippen LogP contribution in [-0.2, 0) is 4.79 Å². The Labute approximate surface area is 154 Å². The Balaban J connectivity index is 1.36. The molecule has 142 valence electrons. The van der Waals surface area contributed by atoms with Gasteiger partial charge >= 0.3 is 5.97 Å². The van der Waals surface area contributed by atoms with Gasteiger partial charge in [-0.3, -0.25) is 9.48 Å². The van der Waals surface area contributed by atoms with Gasteiger partial charge in [-0.05, 0) is 31.4 Å². The molecule has 0 bridgehead atoms. The monoisotopic (exact) mass is 375 g/mol. The number of hydrogen-bond acceptors (Lipinski definition) is 3. The van der Waals surface area contributed by atoms with Gasteiger partial charge in [0, 0.05) is 36.7 Å². The number of likely N-dealkylation sites (tertiary alicyclic amines) is 1. The van der Waals surface area contributed by atoms with Crippen molar-refractivity contribution in [2.75, 3.05) is 13.1 Å². The quantitative estimate of drug-likeness (QED) is 0.892. The van der Waals surface area contributed by atoms with Gasteiger partial charge in [0.25, 0.3) is 0 Å². The number of amides is 1. The highest BCUT2D eigenvalue weighted by Crippen LogP contribution is 2.50. The van der Waals surface area contributed by atoms with Gasteiger partial charge in [-0.15, -0.1) is 0 Å². The van der Waals surface area contributed by atoms with Crippen LogP contribution in [0, 0.1) is 17.6 Å². The number of carboxylic acid groups (broad SMARTS) is 1. The van der Waals surface area contributed by atoms with Crippen LogP contribution in [0.1, 0.15) is 47.1 Å². The number of carboxylic acids is 1. The number of rotatable bonds is 4. The maximum atomic E-state index is 13.9. The van der Waals surface area contributed by atoms with Crippen LogP contribution in [0.2, 0.25) is 0 Å². The smallest absolute Gasteiger partial charge is 0.338 e. The molecule has 6 nitrogen and oxygen atoms in total. The molecular weight excluding hydrogens is 356 g/mol. The summed E-state index contributed by atoms with van der Waals surface area (Å²) >= 11 is 0. The van der Waals surface area contributed by atoms with Crippen LogP contribution < -0.4 is 0 Å². The molecule has 1 N–H and O–H groups in total. The second-order valence-corrected chi connectivity index (χ2v) is 7.15. The Morgan fingerprint density at radius 3 is 2.41 bits per heavy atom. The van der Waals surface area contributed by atoms with Crippen LogP contribution in [0.4, 0.5) is 8.78 Å². The van der Waals surface area contributed by atoms with E-state index < -0.39 is 17.6 Å². The number of aromatic nitrogens is 2. The summed E-state index contributed by atoms with van der Waals surface area (Å²) in [5.74, 6) is -3.03. The van der Waals surface area contributed by atoms with Crippen molar-refractivity contribution in [3.05, 3.63) is 53.4 Å². The summed E-state index contributed by atoms with van der Waals surface area (Å²) in [6.45, 7) is 1.05. The van der Waals surface area contributed by atoms with Crippen molar-refractivity contribution in [2.45, 2.75) is 31.2 Å². The molecule has 8 heteroatoms. The van der Waals surface area contributed by atoms with E-state index >= 15 is 0 Å². The summed E-state index contributed by atoms with van der Waals surface area (Å²) < 4.78 is 29.4. The zero-order valence-corrected chi connectivity index (χ0v) is 14.5. The van der Waals surface area contributed by atoms with Crippen molar-refractivity contribution in [3.8, 4) is 0 Å². The molecule has 1 aliphatic heterocycles. The molecule has 2 fully saturated rings. The first kappa shape index (κ1) is 17.6. The summed E-state index contributed by atoms with van der Waals surface area (Å²) in [4.78, 5) is 25.4. The molecule has 2 heterocycles. The van der Waals surface area contributed by atoms with Crippen molar-refractivity contribution in [3.63, 3.8) is 0 Å². The highest BCUT2D eigenvalue weighted by atomic mass is 19.1. The standard InChI is InChI=1S/C19H19F2N3O3/c20-15-2-1-3-16(21)17(15)13-8-14(13)18(25)23-6-4-12(5-7-23)24-10-11(9-22-24)19(26)27/h1-3,9-10,12-14H,4-8H2,(H,26,27). The average molecular weight is 375 g/mol. The van der Waals surface area contributed by atoms with Crippen LogP contribution in [0.25, 0.3) is 0 Å². The van der Waals surface area contributed by atoms with Gasteiger partial charge in [0.15, 0.2) is 0 Å². The van der Waals surface area contributed by atoms with Gasteiger partial charge < -0.3 is 10.0 Å². The van der Waals surface area contributed by atoms with Crippen molar-refractivity contribution < 1.29 is 23.5 Å². The Bertz CT molecular complexity index is 870. The lowest BCUT2D eigenvalue weighted by Gasteiger charge is -2.32. The fourth-order valence-corrected chi connectivity index (χ4v) is 3.89. The second-order valence-electron chi connectivity index (χ2n) is 7.15. The van der Waals surface area contributed by atoms with E-state index in [1.54, 1.807) is 9.58 Å². The third kappa shape index (κ3) is 3.31.